The van der Waals surface area contributed by atoms with E-state index in [9.17, 15) is 9.18 Å². The van der Waals surface area contributed by atoms with Crippen molar-refractivity contribution in [2.45, 2.75) is 6.42 Å². The molecule has 0 aromatic heterocycles. The van der Waals surface area contributed by atoms with Crippen LogP contribution in [0.5, 0.6) is 0 Å². The molecule has 0 saturated carbocycles. The van der Waals surface area contributed by atoms with Crippen LogP contribution in [0.25, 0.3) is 0 Å². The van der Waals surface area contributed by atoms with Gasteiger partial charge in [0, 0.05) is 17.4 Å². The van der Waals surface area contributed by atoms with Crippen LogP contribution >= 0.6 is 28.1 Å². The minimum atomic E-state index is -0.559. The number of nitrogens with one attached hydrogen (secondary N) is 1. The second-order valence-electron chi connectivity index (χ2n) is 3.10. The Labute approximate surface area is 106 Å². The van der Waals surface area contributed by atoms with Crippen molar-refractivity contribution < 1.29 is 9.18 Å². The van der Waals surface area contributed by atoms with E-state index in [4.69, 9.17) is 5.73 Å². The van der Waals surface area contributed by atoms with Gasteiger partial charge in [-0.1, -0.05) is 28.1 Å². The van der Waals surface area contributed by atoms with E-state index in [1.165, 1.54) is 18.2 Å². The molecule has 1 amide bonds. The topological polar surface area (TPSA) is 55.1 Å². The molecule has 1 aromatic rings. The van der Waals surface area contributed by atoms with E-state index in [0.29, 0.717) is 22.4 Å². The summed E-state index contributed by atoms with van der Waals surface area (Å²) in [6.07, 6.45) is 0.399. The first-order valence-corrected chi connectivity index (χ1v) is 5.72. The molecule has 16 heavy (non-hydrogen) atoms. The van der Waals surface area contributed by atoms with Gasteiger partial charge in [0.05, 0.1) is 10.6 Å². The molecule has 0 radical (unpaired) electrons. The molecule has 0 aliphatic carbocycles. The van der Waals surface area contributed by atoms with Gasteiger partial charge in [-0.3, -0.25) is 4.79 Å². The van der Waals surface area contributed by atoms with Gasteiger partial charge in [0.1, 0.15) is 5.82 Å². The number of amides is 1. The SMILES string of the molecule is NC(=S)CCNC(=O)c1cc(Br)ccc1F. The lowest BCUT2D eigenvalue weighted by molar-refractivity contribution is 0.0950. The highest BCUT2D eigenvalue weighted by molar-refractivity contribution is 9.10. The van der Waals surface area contributed by atoms with E-state index in [0.717, 1.165) is 0 Å². The maximum atomic E-state index is 13.3. The molecule has 1 rings (SSSR count). The fourth-order valence-electron chi connectivity index (χ4n) is 1.07. The van der Waals surface area contributed by atoms with Gasteiger partial charge >= 0.3 is 0 Å². The van der Waals surface area contributed by atoms with E-state index in [1.807, 2.05) is 0 Å². The summed E-state index contributed by atoms with van der Waals surface area (Å²) in [7, 11) is 0. The Morgan fingerprint density at radius 1 is 1.56 bits per heavy atom. The van der Waals surface area contributed by atoms with Crippen LogP contribution in [0, 0.1) is 5.82 Å². The van der Waals surface area contributed by atoms with Gasteiger partial charge in [-0.15, -0.1) is 0 Å². The molecule has 0 saturated heterocycles. The second kappa shape index (κ2) is 5.91. The third-order valence-corrected chi connectivity index (χ3v) is 2.53. The average Bonchev–Trinajstić information content (AvgIpc) is 2.21. The van der Waals surface area contributed by atoms with E-state index in [-0.39, 0.29) is 5.56 Å². The lowest BCUT2D eigenvalue weighted by Gasteiger charge is -2.05. The summed E-state index contributed by atoms with van der Waals surface area (Å²) >= 11 is 7.82. The van der Waals surface area contributed by atoms with Crippen molar-refractivity contribution in [3.8, 4) is 0 Å². The maximum Gasteiger partial charge on any atom is 0.254 e. The predicted molar refractivity (Wildman–Crippen MR) is 67.8 cm³/mol. The minimum Gasteiger partial charge on any atom is -0.393 e. The third-order valence-electron chi connectivity index (χ3n) is 1.83. The summed E-state index contributed by atoms with van der Waals surface area (Å²) in [5, 5.41) is 2.53. The highest BCUT2D eigenvalue weighted by atomic mass is 79.9. The molecule has 0 spiro atoms. The molecule has 3 nitrogen and oxygen atoms in total. The molecule has 86 valence electrons. The standard InChI is InChI=1S/C10H10BrFN2OS/c11-6-1-2-8(12)7(5-6)10(15)14-4-3-9(13)16/h1-2,5H,3-4H2,(H2,13,16)(H,14,15). The fraction of sp³-hybridized carbons (Fsp3) is 0.200. The number of carbonyl (C=O) groups is 1. The van der Waals surface area contributed by atoms with Crippen LogP contribution < -0.4 is 11.1 Å². The maximum absolute atomic E-state index is 13.3. The van der Waals surface area contributed by atoms with Crippen LogP contribution in [0.4, 0.5) is 4.39 Å². The first kappa shape index (κ1) is 13.1. The molecule has 0 atom stereocenters. The highest BCUT2D eigenvalue weighted by Crippen LogP contribution is 2.15. The van der Waals surface area contributed by atoms with Gasteiger partial charge in [-0.25, -0.2) is 4.39 Å². The van der Waals surface area contributed by atoms with Crippen molar-refractivity contribution >= 4 is 39.0 Å². The summed E-state index contributed by atoms with van der Waals surface area (Å²) in [4.78, 5) is 11.9. The van der Waals surface area contributed by atoms with Crippen molar-refractivity contribution in [2.75, 3.05) is 6.54 Å². The number of hydrogen-bond donors (Lipinski definition) is 2. The molecule has 0 aliphatic rings. The van der Waals surface area contributed by atoms with Gasteiger partial charge in [0.25, 0.3) is 5.91 Å². The Morgan fingerprint density at radius 2 is 2.25 bits per heavy atom. The van der Waals surface area contributed by atoms with Gasteiger partial charge in [0.15, 0.2) is 0 Å². The smallest absolute Gasteiger partial charge is 0.254 e. The number of carbonyl (C=O) groups excluding carboxylic acids is 1. The van der Waals surface area contributed by atoms with Crippen LogP contribution in [-0.4, -0.2) is 17.4 Å². The zero-order chi connectivity index (χ0) is 12.1. The number of nitrogens with two attached hydrogens (primary N) is 1. The Morgan fingerprint density at radius 3 is 2.88 bits per heavy atom. The monoisotopic (exact) mass is 304 g/mol. The van der Waals surface area contributed by atoms with Crippen LogP contribution in [0.2, 0.25) is 0 Å². The lowest BCUT2D eigenvalue weighted by atomic mass is 10.2. The van der Waals surface area contributed by atoms with Gasteiger partial charge in [0.2, 0.25) is 0 Å². The summed E-state index contributed by atoms with van der Waals surface area (Å²) in [5.41, 5.74) is 5.27. The summed E-state index contributed by atoms with van der Waals surface area (Å²) < 4.78 is 13.9. The summed E-state index contributed by atoms with van der Waals surface area (Å²) in [6, 6.07) is 4.18. The Balaban J connectivity index is 2.65. The Kier molecular flexibility index (Phi) is 4.82. The Bertz CT molecular complexity index is 425. The van der Waals surface area contributed by atoms with Crippen LogP contribution in [0.3, 0.4) is 0 Å². The number of rotatable bonds is 4. The first-order chi connectivity index (χ1) is 7.50. The molecule has 0 heterocycles. The molecule has 3 N–H and O–H groups in total. The average molecular weight is 305 g/mol. The van der Waals surface area contributed by atoms with Crippen LogP contribution in [0.15, 0.2) is 22.7 Å². The molecular weight excluding hydrogens is 295 g/mol. The van der Waals surface area contributed by atoms with Crippen LogP contribution in [0.1, 0.15) is 16.8 Å². The van der Waals surface area contributed by atoms with Crippen molar-refractivity contribution in [3.63, 3.8) is 0 Å². The zero-order valence-electron chi connectivity index (χ0n) is 8.30. The first-order valence-electron chi connectivity index (χ1n) is 4.52. The fourth-order valence-corrected chi connectivity index (χ4v) is 1.53. The molecule has 0 unspecified atom stereocenters. The number of halogens is 2. The second-order valence-corrected chi connectivity index (χ2v) is 4.54. The highest BCUT2D eigenvalue weighted by Gasteiger charge is 2.11. The number of thiocarbonyl (C=S) groups is 1. The summed E-state index contributed by atoms with van der Waals surface area (Å²) in [6.45, 7) is 0.306. The molecule has 0 fully saturated rings. The Hall–Kier alpha value is -1.01. The summed E-state index contributed by atoms with van der Waals surface area (Å²) in [5.74, 6) is -1.04. The van der Waals surface area contributed by atoms with E-state index < -0.39 is 11.7 Å². The van der Waals surface area contributed by atoms with Crippen LogP contribution in [-0.2, 0) is 0 Å². The predicted octanol–water partition coefficient (Wildman–Crippen LogP) is 1.99. The van der Waals surface area contributed by atoms with Gasteiger partial charge < -0.3 is 11.1 Å². The molecule has 1 aromatic carbocycles. The van der Waals surface area contributed by atoms with Crippen molar-refractivity contribution in [1.29, 1.82) is 0 Å². The molecular formula is C10H10BrFN2OS. The zero-order valence-corrected chi connectivity index (χ0v) is 10.7. The van der Waals surface area contributed by atoms with Gasteiger partial charge in [-0.2, -0.15) is 0 Å². The number of hydrogen-bond acceptors (Lipinski definition) is 2. The van der Waals surface area contributed by atoms with E-state index in [1.54, 1.807) is 0 Å². The van der Waals surface area contributed by atoms with Crippen molar-refractivity contribution in [2.24, 2.45) is 5.73 Å². The quantitative estimate of drug-likeness (QED) is 0.837. The third kappa shape index (κ3) is 3.86. The molecule has 0 bridgehead atoms. The minimum absolute atomic E-state index is 0.00249. The van der Waals surface area contributed by atoms with Crippen molar-refractivity contribution in [1.82, 2.24) is 5.32 Å². The molecule has 0 aliphatic heterocycles. The molecule has 6 heteroatoms. The normalized spacial score (nSPS) is 9.88. The largest absolute Gasteiger partial charge is 0.393 e. The van der Waals surface area contributed by atoms with E-state index in [2.05, 4.69) is 33.5 Å². The lowest BCUT2D eigenvalue weighted by Crippen LogP contribution is -2.28. The van der Waals surface area contributed by atoms with Gasteiger partial charge in [-0.05, 0) is 18.2 Å². The van der Waals surface area contributed by atoms with E-state index >= 15 is 0 Å². The van der Waals surface area contributed by atoms with Crippen molar-refractivity contribution in [3.05, 3.63) is 34.1 Å². The number of benzene rings is 1.